The Labute approximate surface area is 143 Å². The smallest absolute Gasteiger partial charge is 0.319 e. The number of hydrogen-bond acceptors (Lipinski definition) is 1. The SMILES string of the molecule is O=C(NCC1(c2ccc(Cl)cc2)CC1)Nc1ccc(Br)cc1. The lowest BCUT2D eigenvalue weighted by Gasteiger charge is -2.17. The Morgan fingerprint density at radius 1 is 1.09 bits per heavy atom. The molecule has 0 unspecified atom stereocenters. The highest BCUT2D eigenvalue weighted by atomic mass is 79.9. The first-order valence-corrected chi connectivity index (χ1v) is 8.31. The summed E-state index contributed by atoms with van der Waals surface area (Å²) in [5.74, 6) is 0. The molecule has 0 radical (unpaired) electrons. The molecule has 0 bridgehead atoms. The first kappa shape index (κ1) is 15.4. The molecule has 22 heavy (non-hydrogen) atoms. The molecule has 1 saturated carbocycles. The minimum absolute atomic E-state index is 0.0711. The second-order valence-corrected chi connectivity index (χ2v) is 6.95. The van der Waals surface area contributed by atoms with Crippen LogP contribution in [0.25, 0.3) is 0 Å². The van der Waals surface area contributed by atoms with Gasteiger partial charge in [-0.3, -0.25) is 0 Å². The number of amides is 2. The van der Waals surface area contributed by atoms with Crippen LogP contribution in [0.4, 0.5) is 10.5 Å². The van der Waals surface area contributed by atoms with Gasteiger partial charge in [-0.2, -0.15) is 0 Å². The topological polar surface area (TPSA) is 41.1 Å². The van der Waals surface area contributed by atoms with E-state index < -0.39 is 0 Å². The third kappa shape index (κ3) is 3.62. The second-order valence-electron chi connectivity index (χ2n) is 5.60. The van der Waals surface area contributed by atoms with Crippen molar-refractivity contribution in [3.05, 3.63) is 63.6 Å². The Balaban J connectivity index is 1.56. The maximum atomic E-state index is 12.0. The zero-order chi connectivity index (χ0) is 15.6. The van der Waals surface area contributed by atoms with Crippen LogP contribution in [0.15, 0.2) is 53.0 Å². The Morgan fingerprint density at radius 3 is 2.32 bits per heavy atom. The number of nitrogens with one attached hydrogen (secondary N) is 2. The highest BCUT2D eigenvalue weighted by molar-refractivity contribution is 9.10. The molecule has 5 heteroatoms. The molecular weight excluding hydrogens is 364 g/mol. The highest BCUT2D eigenvalue weighted by Crippen LogP contribution is 2.47. The molecule has 0 heterocycles. The number of carbonyl (C=O) groups excluding carboxylic acids is 1. The van der Waals surface area contributed by atoms with Crippen LogP contribution in [0.3, 0.4) is 0 Å². The Bertz CT molecular complexity index is 666. The summed E-state index contributed by atoms with van der Waals surface area (Å²) in [6.45, 7) is 0.636. The molecule has 0 aromatic heterocycles. The van der Waals surface area contributed by atoms with E-state index in [2.05, 4.69) is 26.6 Å². The number of rotatable bonds is 4. The van der Waals surface area contributed by atoms with Crippen molar-refractivity contribution in [3.63, 3.8) is 0 Å². The summed E-state index contributed by atoms with van der Waals surface area (Å²) in [4.78, 5) is 12.0. The average Bonchev–Trinajstić information content (AvgIpc) is 3.30. The molecule has 0 aliphatic heterocycles. The van der Waals surface area contributed by atoms with Gasteiger partial charge < -0.3 is 10.6 Å². The number of anilines is 1. The number of urea groups is 1. The van der Waals surface area contributed by atoms with Crippen molar-refractivity contribution in [3.8, 4) is 0 Å². The van der Waals surface area contributed by atoms with Gasteiger partial charge in [0.2, 0.25) is 0 Å². The van der Waals surface area contributed by atoms with Gasteiger partial charge in [-0.1, -0.05) is 39.7 Å². The third-order valence-corrected chi connectivity index (χ3v) is 4.78. The van der Waals surface area contributed by atoms with Crippen molar-refractivity contribution in [2.24, 2.45) is 0 Å². The number of hydrogen-bond donors (Lipinski definition) is 2. The molecule has 2 amide bonds. The van der Waals surface area contributed by atoms with Gasteiger partial charge in [0.1, 0.15) is 0 Å². The molecule has 0 atom stereocenters. The molecule has 3 rings (SSSR count). The van der Waals surface area contributed by atoms with Crippen molar-refractivity contribution in [1.29, 1.82) is 0 Å². The number of benzene rings is 2. The summed E-state index contributed by atoms with van der Waals surface area (Å²) in [6.07, 6.45) is 2.18. The van der Waals surface area contributed by atoms with Crippen LogP contribution in [-0.4, -0.2) is 12.6 Å². The quantitative estimate of drug-likeness (QED) is 0.775. The molecule has 0 spiro atoms. The van der Waals surface area contributed by atoms with Crippen molar-refractivity contribution >= 4 is 39.2 Å². The van der Waals surface area contributed by atoms with Crippen LogP contribution in [-0.2, 0) is 5.41 Å². The average molecular weight is 380 g/mol. The molecule has 1 aliphatic carbocycles. The van der Waals surface area contributed by atoms with E-state index in [1.807, 2.05) is 48.5 Å². The summed E-state index contributed by atoms with van der Waals surface area (Å²) in [5.41, 5.74) is 2.08. The second kappa shape index (κ2) is 6.31. The fourth-order valence-electron chi connectivity index (χ4n) is 2.48. The zero-order valence-electron chi connectivity index (χ0n) is 11.9. The van der Waals surface area contributed by atoms with Crippen LogP contribution in [0.5, 0.6) is 0 Å². The lowest BCUT2D eigenvalue weighted by molar-refractivity contribution is 0.251. The molecular formula is C17H16BrClN2O. The number of halogens is 2. The van der Waals surface area contributed by atoms with Crippen molar-refractivity contribution < 1.29 is 4.79 Å². The third-order valence-electron chi connectivity index (χ3n) is 4.00. The summed E-state index contributed by atoms with van der Waals surface area (Å²) >= 11 is 9.30. The van der Waals surface area contributed by atoms with E-state index in [-0.39, 0.29) is 11.4 Å². The largest absolute Gasteiger partial charge is 0.337 e. The fourth-order valence-corrected chi connectivity index (χ4v) is 2.87. The number of carbonyl (C=O) groups is 1. The van der Waals surface area contributed by atoms with E-state index in [4.69, 9.17) is 11.6 Å². The van der Waals surface area contributed by atoms with E-state index in [1.54, 1.807) is 0 Å². The van der Waals surface area contributed by atoms with Crippen LogP contribution < -0.4 is 10.6 Å². The highest BCUT2D eigenvalue weighted by Gasteiger charge is 2.44. The molecule has 114 valence electrons. The van der Waals surface area contributed by atoms with E-state index in [9.17, 15) is 4.79 Å². The monoisotopic (exact) mass is 378 g/mol. The maximum absolute atomic E-state index is 12.0. The van der Waals surface area contributed by atoms with Gasteiger partial charge in [-0.25, -0.2) is 4.79 Å². The van der Waals surface area contributed by atoms with E-state index in [1.165, 1.54) is 5.56 Å². The predicted octanol–water partition coefficient (Wildman–Crippen LogP) is 4.96. The van der Waals surface area contributed by atoms with Crippen molar-refractivity contribution in [2.45, 2.75) is 18.3 Å². The van der Waals surface area contributed by atoms with E-state index in [0.29, 0.717) is 6.54 Å². The Kier molecular flexibility index (Phi) is 4.41. The standard InChI is InChI=1S/C17H16BrClN2O/c18-13-3-7-15(8-4-13)21-16(22)20-11-17(9-10-17)12-1-5-14(19)6-2-12/h1-8H,9-11H2,(H2,20,21,22). The van der Waals surface area contributed by atoms with Gasteiger partial charge in [-0.05, 0) is 54.8 Å². The van der Waals surface area contributed by atoms with Crippen molar-refractivity contribution in [2.75, 3.05) is 11.9 Å². The van der Waals surface area contributed by atoms with E-state index >= 15 is 0 Å². The molecule has 0 saturated heterocycles. The maximum Gasteiger partial charge on any atom is 0.319 e. The molecule has 3 nitrogen and oxygen atoms in total. The minimum atomic E-state index is -0.178. The predicted molar refractivity (Wildman–Crippen MR) is 93.5 cm³/mol. The van der Waals surface area contributed by atoms with Crippen LogP contribution in [0.1, 0.15) is 18.4 Å². The van der Waals surface area contributed by atoms with Gasteiger partial charge in [0, 0.05) is 27.1 Å². The molecule has 1 fully saturated rings. The van der Waals surface area contributed by atoms with Crippen LogP contribution >= 0.6 is 27.5 Å². The van der Waals surface area contributed by atoms with Gasteiger partial charge in [0.15, 0.2) is 0 Å². The normalized spacial score (nSPS) is 15.2. The Hall–Kier alpha value is -1.52. The van der Waals surface area contributed by atoms with Crippen molar-refractivity contribution in [1.82, 2.24) is 5.32 Å². The van der Waals surface area contributed by atoms with Crippen LogP contribution in [0, 0.1) is 0 Å². The van der Waals surface area contributed by atoms with Gasteiger partial charge in [0.05, 0.1) is 0 Å². The lowest BCUT2D eigenvalue weighted by Crippen LogP contribution is -2.35. The summed E-state index contributed by atoms with van der Waals surface area (Å²) < 4.78 is 0.984. The van der Waals surface area contributed by atoms with Gasteiger partial charge in [-0.15, -0.1) is 0 Å². The fraction of sp³-hybridized carbons (Fsp3) is 0.235. The Morgan fingerprint density at radius 2 is 1.73 bits per heavy atom. The van der Waals surface area contributed by atoms with Gasteiger partial charge >= 0.3 is 6.03 Å². The minimum Gasteiger partial charge on any atom is -0.337 e. The van der Waals surface area contributed by atoms with Gasteiger partial charge in [0.25, 0.3) is 0 Å². The molecule has 2 N–H and O–H groups in total. The zero-order valence-corrected chi connectivity index (χ0v) is 14.2. The first-order valence-electron chi connectivity index (χ1n) is 7.14. The summed E-state index contributed by atoms with van der Waals surface area (Å²) in [7, 11) is 0. The molecule has 2 aromatic carbocycles. The van der Waals surface area contributed by atoms with Crippen LogP contribution in [0.2, 0.25) is 5.02 Å². The van der Waals surface area contributed by atoms with E-state index in [0.717, 1.165) is 28.0 Å². The first-order chi connectivity index (χ1) is 10.6. The molecule has 1 aliphatic rings. The summed E-state index contributed by atoms with van der Waals surface area (Å²) in [5, 5.41) is 6.54. The lowest BCUT2D eigenvalue weighted by atomic mass is 9.96. The molecule has 2 aromatic rings. The summed E-state index contributed by atoms with van der Waals surface area (Å²) in [6, 6.07) is 15.2.